The van der Waals surface area contributed by atoms with Gasteiger partial charge in [-0.1, -0.05) is 135 Å². The first-order valence-electron chi connectivity index (χ1n) is 22.9. The first-order chi connectivity index (χ1) is 25.9. The summed E-state index contributed by atoms with van der Waals surface area (Å²) in [6.45, 7) is 10.9. The summed E-state index contributed by atoms with van der Waals surface area (Å²) in [5.74, 6) is -0.611. The maximum absolute atomic E-state index is 12.0. The molecule has 314 valence electrons. The topological polar surface area (TPSA) is 66.5 Å². The molecule has 1 aliphatic heterocycles. The van der Waals surface area contributed by atoms with Gasteiger partial charge in [0.2, 0.25) is 0 Å². The van der Waals surface area contributed by atoms with Crippen LogP contribution in [0.1, 0.15) is 207 Å². The molecule has 0 N–H and O–H groups in total. The number of carbonyl (C=O) groups is 1. The highest BCUT2D eigenvalue weighted by atomic mass is 16.8. The fourth-order valence-corrected chi connectivity index (χ4v) is 7.09. The zero-order valence-electron chi connectivity index (χ0n) is 36.0. The predicted molar refractivity (Wildman–Crippen MR) is 224 cm³/mol. The number of ether oxygens (including phenoxy) is 5. The van der Waals surface area contributed by atoms with E-state index >= 15 is 0 Å². The quantitative estimate of drug-likeness (QED) is 0.0351. The molecule has 1 rings (SSSR count). The third-order valence-electron chi connectivity index (χ3n) is 10.5. The van der Waals surface area contributed by atoms with Crippen molar-refractivity contribution in [2.75, 3.05) is 53.7 Å². The molecular weight excluding hydrogens is 663 g/mol. The molecule has 1 aliphatic rings. The van der Waals surface area contributed by atoms with Crippen LogP contribution in [0.15, 0.2) is 12.2 Å². The lowest BCUT2D eigenvalue weighted by atomic mass is 10.1. The van der Waals surface area contributed by atoms with Gasteiger partial charge in [0.05, 0.1) is 19.8 Å². The molecule has 0 aromatic carbocycles. The molecule has 0 spiro atoms. The third kappa shape index (κ3) is 31.9. The molecule has 1 heterocycles. The van der Waals surface area contributed by atoms with Crippen molar-refractivity contribution in [3.05, 3.63) is 12.2 Å². The van der Waals surface area contributed by atoms with Gasteiger partial charge in [0.15, 0.2) is 5.79 Å². The van der Waals surface area contributed by atoms with E-state index in [-0.39, 0.29) is 18.2 Å². The Hall–Kier alpha value is -0.990. The number of esters is 1. The molecule has 1 fully saturated rings. The van der Waals surface area contributed by atoms with Gasteiger partial charge in [0.25, 0.3) is 0 Å². The molecule has 0 radical (unpaired) electrons. The molecule has 0 aliphatic carbocycles. The lowest BCUT2D eigenvalue weighted by Gasteiger charge is -2.24. The maximum Gasteiger partial charge on any atom is 0.305 e. The second-order valence-electron chi connectivity index (χ2n) is 16.3. The van der Waals surface area contributed by atoms with E-state index in [1.165, 1.54) is 116 Å². The summed E-state index contributed by atoms with van der Waals surface area (Å²) >= 11 is 0. The summed E-state index contributed by atoms with van der Waals surface area (Å²) in [4.78, 5) is 14.2. The normalized spacial score (nSPS) is 18.9. The minimum atomic E-state index is -0.576. The van der Waals surface area contributed by atoms with Crippen LogP contribution in [0.5, 0.6) is 0 Å². The fourth-order valence-electron chi connectivity index (χ4n) is 7.09. The van der Waals surface area contributed by atoms with Crippen LogP contribution < -0.4 is 0 Å². The molecule has 7 nitrogen and oxygen atoms in total. The van der Waals surface area contributed by atoms with Crippen LogP contribution in [0.2, 0.25) is 0 Å². The van der Waals surface area contributed by atoms with E-state index in [2.05, 4.69) is 51.9 Å². The number of hydrogen-bond donors (Lipinski definition) is 0. The second kappa shape index (κ2) is 36.6. The Morgan fingerprint density at radius 2 is 1.00 bits per heavy atom. The Kier molecular flexibility index (Phi) is 34.6. The molecule has 1 saturated heterocycles. The average molecular weight is 752 g/mol. The van der Waals surface area contributed by atoms with E-state index in [1.54, 1.807) is 0 Å². The predicted octanol–water partition coefficient (Wildman–Crippen LogP) is 12.5. The van der Waals surface area contributed by atoms with E-state index in [0.717, 1.165) is 84.0 Å². The minimum Gasteiger partial charge on any atom is -0.466 e. The van der Waals surface area contributed by atoms with Crippen molar-refractivity contribution in [3.63, 3.8) is 0 Å². The SMILES string of the molecule is CCCCCCCC/C=C\CCCCCCCCOCC1OC(C)(CCCCN(C)C)OC1COCCCCCCCC(=O)OCCCCCCCC. The lowest BCUT2D eigenvalue weighted by Crippen LogP contribution is -2.32. The first-order valence-corrected chi connectivity index (χ1v) is 22.9. The Morgan fingerprint density at radius 1 is 0.566 bits per heavy atom. The zero-order valence-corrected chi connectivity index (χ0v) is 36.0. The van der Waals surface area contributed by atoms with E-state index in [1.807, 2.05) is 0 Å². The smallest absolute Gasteiger partial charge is 0.305 e. The number of carbonyl (C=O) groups excluding carboxylic acids is 1. The van der Waals surface area contributed by atoms with Crippen molar-refractivity contribution in [1.29, 1.82) is 0 Å². The van der Waals surface area contributed by atoms with Gasteiger partial charge in [-0.05, 0) is 91.8 Å². The van der Waals surface area contributed by atoms with Crippen LogP contribution in [-0.4, -0.2) is 82.5 Å². The van der Waals surface area contributed by atoms with Gasteiger partial charge >= 0.3 is 5.97 Å². The first kappa shape index (κ1) is 50.0. The Bertz CT molecular complexity index is 822. The van der Waals surface area contributed by atoms with Gasteiger partial charge < -0.3 is 28.6 Å². The van der Waals surface area contributed by atoms with Crippen LogP contribution in [0, 0.1) is 0 Å². The van der Waals surface area contributed by atoms with Crippen LogP contribution in [-0.2, 0) is 28.5 Å². The Labute approximate surface area is 329 Å². The largest absolute Gasteiger partial charge is 0.466 e. The average Bonchev–Trinajstić information content (AvgIpc) is 3.46. The van der Waals surface area contributed by atoms with Gasteiger partial charge in [-0.3, -0.25) is 4.79 Å². The van der Waals surface area contributed by atoms with Crippen molar-refractivity contribution in [2.24, 2.45) is 0 Å². The number of unbranched alkanes of at least 4 members (excludes halogenated alkanes) is 22. The number of rotatable bonds is 40. The van der Waals surface area contributed by atoms with Crippen LogP contribution in [0.25, 0.3) is 0 Å². The van der Waals surface area contributed by atoms with E-state index < -0.39 is 5.79 Å². The highest BCUT2D eigenvalue weighted by Crippen LogP contribution is 2.33. The fraction of sp³-hybridized carbons (Fsp3) is 0.935. The molecule has 3 atom stereocenters. The van der Waals surface area contributed by atoms with Gasteiger partial charge in [0, 0.05) is 26.1 Å². The monoisotopic (exact) mass is 752 g/mol. The summed E-state index contributed by atoms with van der Waals surface area (Å²) in [5.41, 5.74) is 0. The van der Waals surface area contributed by atoms with E-state index in [0.29, 0.717) is 26.2 Å². The van der Waals surface area contributed by atoms with Crippen molar-refractivity contribution >= 4 is 5.97 Å². The summed E-state index contributed by atoms with van der Waals surface area (Å²) in [5, 5.41) is 0. The Morgan fingerprint density at radius 3 is 1.49 bits per heavy atom. The molecule has 0 aromatic rings. The van der Waals surface area contributed by atoms with Gasteiger partial charge in [-0.2, -0.15) is 0 Å². The van der Waals surface area contributed by atoms with Gasteiger partial charge in [0.1, 0.15) is 12.2 Å². The van der Waals surface area contributed by atoms with Gasteiger partial charge in [-0.15, -0.1) is 0 Å². The maximum atomic E-state index is 12.0. The summed E-state index contributed by atoms with van der Waals surface area (Å²) in [6.07, 6.45) is 39.2. The van der Waals surface area contributed by atoms with Crippen LogP contribution in [0.3, 0.4) is 0 Å². The van der Waals surface area contributed by atoms with Crippen molar-refractivity contribution in [3.8, 4) is 0 Å². The zero-order chi connectivity index (χ0) is 38.5. The van der Waals surface area contributed by atoms with Gasteiger partial charge in [-0.25, -0.2) is 0 Å². The minimum absolute atomic E-state index is 0.0352. The molecule has 53 heavy (non-hydrogen) atoms. The van der Waals surface area contributed by atoms with Crippen LogP contribution in [0.4, 0.5) is 0 Å². The van der Waals surface area contributed by atoms with E-state index in [9.17, 15) is 4.79 Å². The number of nitrogens with zero attached hydrogens (tertiary/aromatic N) is 1. The molecule has 7 heteroatoms. The standard InChI is InChI=1S/C46H89NO6/c1-6-8-10-12-14-15-16-17-18-19-20-21-22-23-26-32-38-49-41-43-44(53-46(3,52-43)36-30-31-37-47(4)5)42-50-39-33-27-24-25-29-35-45(48)51-40-34-28-13-11-9-7-2/h17-18,43-44H,6-16,19-42H2,1-5H3/b18-17-. The third-order valence-corrected chi connectivity index (χ3v) is 10.5. The molecule has 0 bridgehead atoms. The molecule has 0 saturated carbocycles. The second-order valence-corrected chi connectivity index (χ2v) is 16.3. The highest BCUT2D eigenvalue weighted by molar-refractivity contribution is 5.69. The van der Waals surface area contributed by atoms with Crippen molar-refractivity contribution < 1.29 is 28.5 Å². The van der Waals surface area contributed by atoms with E-state index in [4.69, 9.17) is 23.7 Å². The number of allylic oxidation sites excluding steroid dienone is 2. The molecule has 0 amide bonds. The molecule has 0 aromatic heterocycles. The number of hydrogen-bond acceptors (Lipinski definition) is 7. The molecular formula is C46H89NO6. The highest BCUT2D eigenvalue weighted by Gasteiger charge is 2.44. The van der Waals surface area contributed by atoms with Crippen LogP contribution >= 0.6 is 0 Å². The summed E-state index contributed by atoms with van der Waals surface area (Å²) in [6, 6.07) is 0. The van der Waals surface area contributed by atoms with Crippen molar-refractivity contribution in [1.82, 2.24) is 4.90 Å². The summed E-state index contributed by atoms with van der Waals surface area (Å²) < 4.78 is 30.7. The van der Waals surface area contributed by atoms with Crippen molar-refractivity contribution in [2.45, 2.75) is 225 Å². The Balaban J connectivity index is 2.16. The summed E-state index contributed by atoms with van der Waals surface area (Å²) in [7, 11) is 4.24. The lowest BCUT2D eigenvalue weighted by molar-refractivity contribution is -0.173. The molecule has 3 unspecified atom stereocenters.